The standard InChI is InChI=1S/C24H25N3O4/c1-4-30-24(29)18-7-10-22-20(14-18)21(13-15(2)27(22)16(3)28)26-19-8-5-17(6-9-19)23-25-11-12-31-23/h5-12,14-15,21,26H,4,13H2,1-3H3/t15-,21+/m0/s1. The number of nitrogens with one attached hydrogen (secondary N) is 1. The van der Waals surface area contributed by atoms with Crippen molar-refractivity contribution in [1.29, 1.82) is 0 Å². The molecule has 1 aromatic heterocycles. The molecule has 0 saturated heterocycles. The monoisotopic (exact) mass is 419 g/mol. The number of benzene rings is 2. The zero-order valence-electron chi connectivity index (χ0n) is 17.8. The minimum absolute atomic E-state index is 0.0162. The van der Waals surface area contributed by atoms with Crippen molar-refractivity contribution in [3.8, 4) is 11.5 Å². The van der Waals surface area contributed by atoms with Crippen molar-refractivity contribution < 1.29 is 18.7 Å². The van der Waals surface area contributed by atoms with Crippen LogP contribution in [-0.2, 0) is 9.53 Å². The fourth-order valence-corrected chi connectivity index (χ4v) is 4.10. The van der Waals surface area contributed by atoms with E-state index in [9.17, 15) is 9.59 Å². The Morgan fingerprint density at radius 2 is 2.00 bits per heavy atom. The fraction of sp³-hybridized carbons (Fsp3) is 0.292. The Morgan fingerprint density at radius 1 is 1.23 bits per heavy atom. The number of carbonyl (C=O) groups excluding carboxylic acids is 2. The molecule has 7 heteroatoms. The Morgan fingerprint density at radius 3 is 2.65 bits per heavy atom. The summed E-state index contributed by atoms with van der Waals surface area (Å²) in [5.74, 6) is 0.179. The molecule has 0 bridgehead atoms. The van der Waals surface area contributed by atoms with Gasteiger partial charge in [0, 0.05) is 29.9 Å². The summed E-state index contributed by atoms with van der Waals surface area (Å²) in [7, 11) is 0. The van der Waals surface area contributed by atoms with E-state index in [-0.39, 0.29) is 24.0 Å². The third-order valence-corrected chi connectivity index (χ3v) is 5.44. The van der Waals surface area contributed by atoms with Crippen LogP contribution in [0.5, 0.6) is 0 Å². The molecule has 0 unspecified atom stereocenters. The third kappa shape index (κ3) is 4.17. The number of fused-ring (bicyclic) bond motifs is 1. The Hall–Kier alpha value is -3.61. The number of ether oxygens (including phenoxy) is 1. The van der Waals surface area contributed by atoms with Gasteiger partial charge in [-0.05, 0) is 68.3 Å². The lowest BCUT2D eigenvalue weighted by Crippen LogP contribution is -2.43. The third-order valence-electron chi connectivity index (χ3n) is 5.44. The molecule has 3 aromatic rings. The van der Waals surface area contributed by atoms with Crippen molar-refractivity contribution in [3.63, 3.8) is 0 Å². The summed E-state index contributed by atoms with van der Waals surface area (Å²) in [4.78, 5) is 30.5. The summed E-state index contributed by atoms with van der Waals surface area (Å²) in [6.07, 6.45) is 3.87. The van der Waals surface area contributed by atoms with Gasteiger partial charge in [-0.3, -0.25) is 4.79 Å². The maximum Gasteiger partial charge on any atom is 0.338 e. The van der Waals surface area contributed by atoms with Crippen LogP contribution < -0.4 is 10.2 Å². The molecule has 2 atom stereocenters. The first kappa shape index (κ1) is 20.7. The van der Waals surface area contributed by atoms with Gasteiger partial charge < -0.3 is 19.4 Å². The second-order valence-corrected chi connectivity index (χ2v) is 7.58. The maximum absolute atomic E-state index is 12.3. The molecule has 2 aromatic carbocycles. The minimum atomic E-state index is -0.368. The molecule has 0 fully saturated rings. The Kier molecular flexibility index (Phi) is 5.75. The summed E-state index contributed by atoms with van der Waals surface area (Å²) in [6.45, 7) is 5.69. The van der Waals surface area contributed by atoms with Crippen LogP contribution in [0.3, 0.4) is 0 Å². The van der Waals surface area contributed by atoms with Gasteiger partial charge in [-0.1, -0.05) is 0 Å². The second-order valence-electron chi connectivity index (χ2n) is 7.58. The van der Waals surface area contributed by atoms with Crippen molar-refractivity contribution in [2.45, 2.75) is 39.3 Å². The van der Waals surface area contributed by atoms with Crippen molar-refractivity contribution in [2.75, 3.05) is 16.8 Å². The highest BCUT2D eigenvalue weighted by atomic mass is 16.5. The number of amides is 1. The minimum Gasteiger partial charge on any atom is -0.462 e. The zero-order valence-corrected chi connectivity index (χ0v) is 17.8. The lowest BCUT2D eigenvalue weighted by molar-refractivity contribution is -0.117. The van der Waals surface area contributed by atoms with Crippen LogP contribution in [0.15, 0.2) is 59.3 Å². The molecule has 1 aliphatic rings. The van der Waals surface area contributed by atoms with Crippen LogP contribution in [0.4, 0.5) is 11.4 Å². The lowest BCUT2D eigenvalue weighted by atomic mass is 9.90. The summed E-state index contributed by atoms with van der Waals surface area (Å²) in [5.41, 5.74) is 4.00. The molecule has 0 aliphatic carbocycles. The van der Waals surface area contributed by atoms with Crippen molar-refractivity contribution >= 4 is 23.3 Å². The highest BCUT2D eigenvalue weighted by molar-refractivity contribution is 5.96. The van der Waals surface area contributed by atoms with E-state index >= 15 is 0 Å². The first-order valence-corrected chi connectivity index (χ1v) is 10.3. The second kappa shape index (κ2) is 8.63. The predicted molar refractivity (Wildman–Crippen MR) is 118 cm³/mol. The zero-order chi connectivity index (χ0) is 22.0. The number of hydrogen-bond acceptors (Lipinski definition) is 6. The number of rotatable bonds is 5. The average Bonchev–Trinajstić information content (AvgIpc) is 3.29. The van der Waals surface area contributed by atoms with Crippen molar-refractivity contribution in [2.24, 2.45) is 0 Å². The summed E-state index contributed by atoms with van der Waals surface area (Å²) >= 11 is 0. The molecule has 160 valence electrons. The number of carbonyl (C=O) groups is 2. The molecule has 0 radical (unpaired) electrons. The van der Waals surface area contributed by atoms with E-state index in [1.165, 1.54) is 0 Å². The van der Waals surface area contributed by atoms with E-state index in [2.05, 4.69) is 10.3 Å². The summed E-state index contributed by atoms with van der Waals surface area (Å²) < 4.78 is 10.5. The molecule has 7 nitrogen and oxygen atoms in total. The average molecular weight is 419 g/mol. The highest BCUT2D eigenvalue weighted by Crippen LogP contribution is 2.40. The normalized spacial score (nSPS) is 17.7. The van der Waals surface area contributed by atoms with Gasteiger partial charge in [0.15, 0.2) is 0 Å². The molecule has 1 amide bonds. The van der Waals surface area contributed by atoms with Crippen LogP contribution in [0.1, 0.15) is 49.2 Å². The van der Waals surface area contributed by atoms with Gasteiger partial charge in [-0.15, -0.1) is 0 Å². The van der Waals surface area contributed by atoms with E-state index in [1.807, 2.05) is 43.3 Å². The van der Waals surface area contributed by atoms with Gasteiger partial charge in [0.25, 0.3) is 0 Å². The van der Waals surface area contributed by atoms with E-state index < -0.39 is 0 Å². The quantitative estimate of drug-likeness (QED) is 0.597. The van der Waals surface area contributed by atoms with Gasteiger partial charge >= 0.3 is 5.97 Å². The number of anilines is 2. The predicted octanol–water partition coefficient (Wildman–Crippen LogP) is 4.82. The van der Waals surface area contributed by atoms with Crippen LogP contribution >= 0.6 is 0 Å². The Labute approximate surface area is 181 Å². The van der Waals surface area contributed by atoms with Gasteiger partial charge in [0.1, 0.15) is 6.26 Å². The van der Waals surface area contributed by atoms with E-state index in [4.69, 9.17) is 9.15 Å². The lowest BCUT2D eigenvalue weighted by Gasteiger charge is -2.39. The maximum atomic E-state index is 12.3. The summed E-state index contributed by atoms with van der Waals surface area (Å²) in [6, 6.07) is 13.1. The number of esters is 1. The first-order chi connectivity index (χ1) is 15.0. The molecular weight excluding hydrogens is 394 g/mol. The number of hydrogen-bond donors (Lipinski definition) is 1. The fourth-order valence-electron chi connectivity index (χ4n) is 4.10. The smallest absolute Gasteiger partial charge is 0.338 e. The SMILES string of the molecule is CCOC(=O)c1ccc2c(c1)[C@H](Nc1ccc(-c3ncco3)cc1)C[C@H](C)N2C(C)=O. The largest absolute Gasteiger partial charge is 0.462 e. The van der Waals surface area contributed by atoms with Crippen LogP contribution in [0.2, 0.25) is 0 Å². The van der Waals surface area contributed by atoms with Crippen molar-refractivity contribution in [3.05, 3.63) is 66.1 Å². The number of aromatic nitrogens is 1. The van der Waals surface area contributed by atoms with E-state index in [0.29, 0.717) is 24.5 Å². The number of nitrogens with zero attached hydrogens (tertiary/aromatic N) is 2. The molecular formula is C24H25N3O4. The molecule has 1 N–H and O–H groups in total. The Bertz CT molecular complexity index is 1080. The van der Waals surface area contributed by atoms with E-state index in [0.717, 1.165) is 22.5 Å². The molecule has 4 rings (SSSR count). The molecule has 2 heterocycles. The molecule has 0 spiro atoms. The van der Waals surface area contributed by atoms with Crippen LogP contribution in [-0.4, -0.2) is 29.5 Å². The van der Waals surface area contributed by atoms with Crippen molar-refractivity contribution in [1.82, 2.24) is 4.98 Å². The van der Waals surface area contributed by atoms with Gasteiger partial charge in [0.05, 0.1) is 24.4 Å². The van der Waals surface area contributed by atoms with Gasteiger partial charge in [-0.25, -0.2) is 9.78 Å². The molecule has 31 heavy (non-hydrogen) atoms. The highest BCUT2D eigenvalue weighted by Gasteiger charge is 2.33. The summed E-state index contributed by atoms with van der Waals surface area (Å²) in [5, 5.41) is 3.56. The van der Waals surface area contributed by atoms with Gasteiger partial charge in [0.2, 0.25) is 11.8 Å². The molecule has 0 saturated carbocycles. The Balaban J connectivity index is 1.66. The first-order valence-electron chi connectivity index (χ1n) is 10.3. The molecule has 1 aliphatic heterocycles. The van der Waals surface area contributed by atoms with Crippen LogP contribution in [0.25, 0.3) is 11.5 Å². The number of oxazole rings is 1. The van der Waals surface area contributed by atoms with E-state index in [1.54, 1.807) is 37.3 Å². The van der Waals surface area contributed by atoms with Gasteiger partial charge in [-0.2, -0.15) is 0 Å². The van der Waals surface area contributed by atoms with Crippen LogP contribution in [0, 0.1) is 0 Å². The topological polar surface area (TPSA) is 84.7 Å².